The molecule has 0 aromatic heterocycles. The zero-order valence-corrected chi connectivity index (χ0v) is 11.9. The lowest BCUT2D eigenvalue weighted by molar-refractivity contribution is 0.237. The smallest absolute Gasteiger partial charge is 0.0563 e. The van der Waals surface area contributed by atoms with E-state index in [1.807, 2.05) is 0 Å². The average Bonchev–Trinajstić information content (AvgIpc) is 2.45. The van der Waals surface area contributed by atoms with Crippen molar-refractivity contribution in [3.05, 3.63) is 35.4 Å². The predicted molar refractivity (Wildman–Crippen MR) is 79.0 cm³/mol. The van der Waals surface area contributed by atoms with Crippen molar-refractivity contribution in [3.63, 3.8) is 0 Å². The van der Waals surface area contributed by atoms with Gasteiger partial charge in [-0.1, -0.05) is 24.3 Å². The van der Waals surface area contributed by atoms with Gasteiger partial charge >= 0.3 is 0 Å². The van der Waals surface area contributed by atoms with E-state index >= 15 is 0 Å². The lowest BCUT2D eigenvalue weighted by atomic mass is 9.76. The molecule has 0 amide bonds. The molecule has 0 saturated carbocycles. The fourth-order valence-electron chi connectivity index (χ4n) is 3.28. The number of hydrogen-bond acceptors (Lipinski definition) is 3. The van der Waals surface area contributed by atoms with E-state index in [0.717, 1.165) is 25.7 Å². The van der Waals surface area contributed by atoms with Gasteiger partial charge in [0, 0.05) is 19.2 Å². The van der Waals surface area contributed by atoms with Crippen LogP contribution in [0.3, 0.4) is 0 Å². The number of nitrogens with one attached hydrogen (secondary N) is 1. The molecule has 3 nitrogen and oxygen atoms in total. The van der Waals surface area contributed by atoms with E-state index in [1.54, 1.807) is 0 Å². The monoisotopic (exact) mass is 262 g/mol. The fourth-order valence-corrected chi connectivity index (χ4v) is 3.28. The highest BCUT2D eigenvalue weighted by molar-refractivity contribution is 5.36. The predicted octanol–water partition coefficient (Wildman–Crippen LogP) is 1.93. The molecular formula is C16H26N2O. The van der Waals surface area contributed by atoms with Gasteiger partial charge in [0.1, 0.15) is 0 Å². The van der Waals surface area contributed by atoms with Gasteiger partial charge in [0.05, 0.1) is 5.54 Å². The highest BCUT2D eigenvalue weighted by atomic mass is 16.2. The van der Waals surface area contributed by atoms with E-state index in [0.29, 0.717) is 12.6 Å². The van der Waals surface area contributed by atoms with Gasteiger partial charge in [0.25, 0.3) is 0 Å². The van der Waals surface area contributed by atoms with Crippen LogP contribution in [0, 0.1) is 0 Å². The summed E-state index contributed by atoms with van der Waals surface area (Å²) in [4.78, 5) is 0. The van der Waals surface area contributed by atoms with Gasteiger partial charge < -0.3 is 16.2 Å². The summed E-state index contributed by atoms with van der Waals surface area (Å²) in [5.74, 6) is 0. The van der Waals surface area contributed by atoms with Crippen molar-refractivity contribution in [2.45, 2.75) is 50.6 Å². The Morgan fingerprint density at radius 3 is 2.95 bits per heavy atom. The van der Waals surface area contributed by atoms with Gasteiger partial charge in [-0.25, -0.2) is 0 Å². The molecule has 1 aliphatic carbocycles. The summed E-state index contributed by atoms with van der Waals surface area (Å²) in [6.45, 7) is 3.08. The molecule has 1 aromatic rings. The molecule has 0 saturated heterocycles. The van der Waals surface area contributed by atoms with Gasteiger partial charge in [0.2, 0.25) is 0 Å². The first-order valence-corrected chi connectivity index (χ1v) is 7.39. The number of nitrogens with two attached hydrogens (primary N) is 1. The largest absolute Gasteiger partial charge is 0.396 e. The Hall–Kier alpha value is -0.900. The molecule has 0 fully saturated rings. The van der Waals surface area contributed by atoms with E-state index in [2.05, 4.69) is 36.5 Å². The maximum Gasteiger partial charge on any atom is 0.0563 e. The van der Waals surface area contributed by atoms with Crippen LogP contribution in [0.25, 0.3) is 0 Å². The number of aryl methyl sites for hydroxylation is 1. The third-order valence-corrected chi connectivity index (χ3v) is 4.25. The van der Waals surface area contributed by atoms with Crippen LogP contribution in [-0.2, 0) is 12.0 Å². The first kappa shape index (κ1) is 14.5. The second kappa shape index (κ2) is 6.51. The minimum absolute atomic E-state index is 0.0796. The molecule has 106 valence electrons. The summed E-state index contributed by atoms with van der Waals surface area (Å²) < 4.78 is 0. The Bertz CT molecular complexity index is 407. The molecule has 0 radical (unpaired) electrons. The van der Waals surface area contributed by atoms with Crippen molar-refractivity contribution >= 4 is 0 Å². The molecule has 1 aliphatic rings. The first-order chi connectivity index (χ1) is 9.22. The molecule has 0 bridgehead atoms. The van der Waals surface area contributed by atoms with Gasteiger partial charge in [0.15, 0.2) is 0 Å². The van der Waals surface area contributed by atoms with Crippen LogP contribution in [0.4, 0.5) is 0 Å². The Morgan fingerprint density at radius 1 is 1.42 bits per heavy atom. The van der Waals surface area contributed by atoms with Crippen molar-refractivity contribution in [2.75, 3.05) is 13.2 Å². The third-order valence-electron chi connectivity index (χ3n) is 4.25. The van der Waals surface area contributed by atoms with E-state index in [4.69, 9.17) is 10.8 Å². The minimum Gasteiger partial charge on any atom is -0.396 e. The number of rotatable bonds is 6. The Morgan fingerprint density at radius 2 is 2.21 bits per heavy atom. The number of fused-ring (bicyclic) bond motifs is 1. The Balaban J connectivity index is 2.19. The quantitative estimate of drug-likeness (QED) is 0.734. The normalized spacial score (nSPS) is 23.9. The molecule has 0 heterocycles. The first-order valence-electron chi connectivity index (χ1n) is 7.39. The molecule has 0 spiro atoms. The van der Waals surface area contributed by atoms with E-state index in [-0.39, 0.29) is 12.1 Å². The number of aliphatic hydroxyl groups excluding tert-OH is 1. The molecule has 2 unspecified atom stereocenters. The van der Waals surface area contributed by atoms with Crippen molar-refractivity contribution in [3.8, 4) is 0 Å². The molecule has 2 atom stereocenters. The van der Waals surface area contributed by atoms with Crippen LogP contribution >= 0.6 is 0 Å². The van der Waals surface area contributed by atoms with Gasteiger partial charge in [-0.15, -0.1) is 0 Å². The fraction of sp³-hybridized carbons (Fsp3) is 0.625. The maximum atomic E-state index is 8.95. The second-order valence-electron chi connectivity index (χ2n) is 5.71. The zero-order chi connectivity index (χ0) is 13.7. The van der Waals surface area contributed by atoms with E-state index in [1.165, 1.54) is 17.5 Å². The molecule has 19 heavy (non-hydrogen) atoms. The number of benzene rings is 1. The molecule has 4 N–H and O–H groups in total. The average molecular weight is 262 g/mol. The van der Waals surface area contributed by atoms with Crippen molar-refractivity contribution in [1.82, 2.24) is 5.32 Å². The molecule has 0 aliphatic heterocycles. The van der Waals surface area contributed by atoms with Crippen LogP contribution in [0.15, 0.2) is 24.3 Å². The number of aliphatic hydroxyl groups is 1. The Labute approximate surface area is 116 Å². The van der Waals surface area contributed by atoms with Crippen LogP contribution in [-0.4, -0.2) is 24.3 Å². The number of hydrogen-bond donors (Lipinski definition) is 3. The van der Waals surface area contributed by atoms with Crippen LogP contribution in [0.1, 0.15) is 43.7 Å². The summed E-state index contributed by atoms with van der Waals surface area (Å²) in [6.07, 6.45) is 5.28. The molecule has 3 heteroatoms. The minimum atomic E-state index is -0.0796. The van der Waals surface area contributed by atoms with Crippen LogP contribution in [0.2, 0.25) is 0 Å². The highest BCUT2D eigenvalue weighted by Crippen LogP contribution is 2.35. The van der Waals surface area contributed by atoms with Crippen molar-refractivity contribution in [1.29, 1.82) is 0 Å². The van der Waals surface area contributed by atoms with Gasteiger partial charge in [-0.2, -0.15) is 0 Å². The van der Waals surface area contributed by atoms with E-state index < -0.39 is 0 Å². The van der Waals surface area contributed by atoms with Crippen LogP contribution in [0.5, 0.6) is 0 Å². The summed E-state index contributed by atoms with van der Waals surface area (Å²) in [6, 6.07) is 9.03. The zero-order valence-electron chi connectivity index (χ0n) is 11.9. The highest BCUT2D eigenvalue weighted by Gasteiger charge is 2.35. The Kier molecular flexibility index (Phi) is 4.97. The lowest BCUT2D eigenvalue weighted by Crippen LogP contribution is -2.53. The SMILES string of the molecule is CC(CCCO)NC1(CN)CCCc2ccccc21. The lowest BCUT2D eigenvalue weighted by Gasteiger charge is -2.41. The van der Waals surface area contributed by atoms with Crippen molar-refractivity contribution < 1.29 is 5.11 Å². The van der Waals surface area contributed by atoms with Gasteiger partial charge in [-0.3, -0.25) is 0 Å². The summed E-state index contributed by atoms with van der Waals surface area (Å²) in [5.41, 5.74) is 8.84. The standard InChI is InChI=1S/C16H26N2O/c1-13(6-5-11-19)18-16(12-17)10-4-8-14-7-2-3-9-15(14)16/h2-3,7,9,13,18-19H,4-6,8,10-12,17H2,1H3. The molecule has 1 aromatic carbocycles. The van der Waals surface area contributed by atoms with Crippen LogP contribution < -0.4 is 11.1 Å². The summed E-state index contributed by atoms with van der Waals surface area (Å²) >= 11 is 0. The summed E-state index contributed by atoms with van der Waals surface area (Å²) in [7, 11) is 0. The maximum absolute atomic E-state index is 8.95. The summed E-state index contributed by atoms with van der Waals surface area (Å²) in [5, 5.41) is 12.7. The molecular weight excluding hydrogens is 236 g/mol. The molecule has 2 rings (SSSR count). The third kappa shape index (κ3) is 3.16. The van der Waals surface area contributed by atoms with Crippen molar-refractivity contribution in [2.24, 2.45) is 5.73 Å². The van der Waals surface area contributed by atoms with E-state index in [9.17, 15) is 0 Å². The topological polar surface area (TPSA) is 58.3 Å². The second-order valence-corrected chi connectivity index (χ2v) is 5.71. The van der Waals surface area contributed by atoms with Gasteiger partial charge in [-0.05, 0) is 50.2 Å².